The largest absolute Gasteiger partial charge is 0.496 e. The number of allylic oxidation sites excluding steroid dienone is 4. The lowest BCUT2D eigenvalue weighted by Crippen LogP contribution is -2.47. The molecule has 1 aromatic carbocycles. The first-order chi connectivity index (χ1) is 16.9. The molecule has 0 atom stereocenters. The molecule has 6 nitrogen and oxygen atoms in total. The zero-order valence-corrected chi connectivity index (χ0v) is 21.5. The van der Waals surface area contributed by atoms with E-state index in [1.54, 1.807) is 13.2 Å². The summed E-state index contributed by atoms with van der Waals surface area (Å²) in [6.07, 6.45) is 9.35. The third-order valence-corrected chi connectivity index (χ3v) is 6.19. The first-order valence-electron chi connectivity index (χ1n) is 11.9. The van der Waals surface area contributed by atoms with Crippen molar-refractivity contribution >= 4 is 11.7 Å². The van der Waals surface area contributed by atoms with Gasteiger partial charge in [-0.3, -0.25) is 4.79 Å². The van der Waals surface area contributed by atoms with E-state index in [1.807, 2.05) is 74.5 Å². The van der Waals surface area contributed by atoms with Crippen LogP contribution in [0, 0.1) is 6.92 Å². The van der Waals surface area contributed by atoms with Crippen LogP contribution in [0.3, 0.4) is 0 Å². The van der Waals surface area contributed by atoms with E-state index in [0.29, 0.717) is 5.56 Å². The van der Waals surface area contributed by atoms with Gasteiger partial charge in [0.05, 0.1) is 7.11 Å². The van der Waals surface area contributed by atoms with Crippen molar-refractivity contribution < 1.29 is 9.53 Å². The van der Waals surface area contributed by atoms with Crippen molar-refractivity contribution in [3.63, 3.8) is 0 Å². The number of aromatic nitrogens is 1. The molecule has 1 saturated heterocycles. The van der Waals surface area contributed by atoms with Gasteiger partial charge in [0.2, 0.25) is 0 Å². The van der Waals surface area contributed by atoms with Crippen LogP contribution >= 0.6 is 0 Å². The van der Waals surface area contributed by atoms with Crippen molar-refractivity contribution in [3.8, 4) is 11.1 Å². The minimum absolute atomic E-state index is 0.0865. The average Bonchev–Trinajstić information content (AvgIpc) is 2.88. The van der Waals surface area contributed by atoms with E-state index >= 15 is 0 Å². The molecule has 1 aliphatic rings. The van der Waals surface area contributed by atoms with Crippen LogP contribution in [0.2, 0.25) is 0 Å². The normalized spacial score (nSPS) is 15.7. The van der Waals surface area contributed by atoms with Gasteiger partial charge in [0, 0.05) is 55.3 Å². The van der Waals surface area contributed by atoms with Gasteiger partial charge in [-0.2, -0.15) is 0 Å². The lowest BCUT2D eigenvalue weighted by molar-refractivity contribution is 0.0664. The third kappa shape index (κ3) is 6.49. The fourth-order valence-electron chi connectivity index (χ4n) is 4.07. The maximum Gasteiger partial charge on any atom is 0.253 e. The topological polar surface area (TPSA) is 57.7 Å². The van der Waals surface area contributed by atoms with E-state index in [-0.39, 0.29) is 5.91 Å². The number of hydrogen-bond donors (Lipinski definition) is 1. The molecular formula is C29H36N4O2. The van der Waals surface area contributed by atoms with Gasteiger partial charge in [0.15, 0.2) is 0 Å². The quantitative estimate of drug-likeness (QED) is 0.411. The van der Waals surface area contributed by atoms with Crippen molar-refractivity contribution in [1.82, 2.24) is 14.8 Å². The smallest absolute Gasteiger partial charge is 0.253 e. The summed E-state index contributed by atoms with van der Waals surface area (Å²) < 4.78 is 5.48. The third-order valence-electron chi connectivity index (χ3n) is 6.19. The number of carbonyl (C=O) groups is 1. The molecule has 0 aliphatic carbocycles. The van der Waals surface area contributed by atoms with Gasteiger partial charge in [0.1, 0.15) is 11.6 Å². The molecule has 1 amide bonds. The lowest BCUT2D eigenvalue weighted by atomic mass is 10.0. The molecule has 2 aromatic rings. The Hall–Kier alpha value is -3.64. The fourth-order valence-corrected chi connectivity index (χ4v) is 4.07. The van der Waals surface area contributed by atoms with Gasteiger partial charge in [0.25, 0.3) is 5.91 Å². The number of ether oxygens (including phenoxy) is 1. The number of nitrogens with zero attached hydrogens (tertiary/aromatic N) is 3. The monoisotopic (exact) mass is 472 g/mol. The van der Waals surface area contributed by atoms with Gasteiger partial charge in [-0.25, -0.2) is 4.98 Å². The average molecular weight is 473 g/mol. The summed E-state index contributed by atoms with van der Waals surface area (Å²) in [4.78, 5) is 21.8. The summed E-state index contributed by atoms with van der Waals surface area (Å²) in [5, 5.41) is 3.31. The maximum absolute atomic E-state index is 13.0. The number of methoxy groups -OCH3 is 1. The minimum Gasteiger partial charge on any atom is -0.496 e. The van der Waals surface area contributed by atoms with Crippen LogP contribution in [0.1, 0.15) is 29.8 Å². The molecule has 6 heteroatoms. The number of nitrogens with one attached hydrogen (secondary N) is 1. The Morgan fingerprint density at radius 2 is 1.91 bits per heavy atom. The number of anilines is 1. The lowest BCUT2D eigenvalue weighted by Gasteiger charge is -2.32. The SMILES string of the molecule is C=C/C=C(C(/C)=C/Nc1ncc(-c2cccc(C(=O)N3CCN(C)CC3)c2)cc1C)\C(=C/C)OC. The molecule has 1 N–H and O–H groups in total. The van der Waals surface area contributed by atoms with E-state index in [2.05, 4.69) is 34.9 Å². The van der Waals surface area contributed by atoms with Gasteiger partial charge >= 0.3 is 0 Å². The first kappa shape index (κ1) is 26.0. The van der Waals surface area contributed by atoms with E-state index in [9.17, 15) is 4.79 Å². The minimum atomic E-state index is 0.0865. The second-order valence-corrected chi connectivity index (χ2v) is 8.71. The Bertz CT molecular complexity index is 1160. The van der Waals surface area contributed by atoms with Crippen molar-refractivity contribution in [3.05, 3.63) is 95.6 Å². The van der Waals surface area contributed by atoms with Crippen LogP contribution in [-0.4, -0.2) is 61.0 Å². The standard InChI is InChI=1S/C29H36N4O2/c1-7-10-26(27(8-2)35-6)22(4)19-30-28-21(3)17-25(20-31-28)23-11-9-12-24(18-23)29(34)33-15-13-32(5)14-16-33/h7-12,17-20H,1,13-16H2,2-6H3,(H,30,31)/b22-19+,26-10-,27-8+. The number of benzene rings is 1. The van der Waals surface area contributed by atoms with E-state index in [4.69, 9.17) is 4.74 Å². The van der Waals surface area contributed by atoms with Crippen molar-refractivity contribution in [2.24, 2.45) is 0 Å². The highest BCUT2D eigenvalue weighted by molar-refractivity contribution is 5.95. The number of likely N-dealkylation sites (N-methyl/N-ethyl adjacent to an activating group) is 1. The summed E-state index contributed by atoms with van der Waals surface area (Å²) in [6.45, 7) is 13.1. The fraction of sp³-hybridized carbons (Fsp3) is 0.310. The first-order valence-corrected chi connectivity index (χ1v) is 11.9. The number of amides is 1. The van der Waals surface area contributed by atoms with Crippen LogP contribution < -0.4 is 5.32 Å². The zero-order chi connectivity index (χ0) is 25.4. The van der Waals surface area contributed by atoms with Gasteiger partial charge in [-0.1, -0.05) is 30.9 Å². The van der Waals surface area contributed by atoms with Crippen molar-refractivity contribution in [1.29, 1.82) is 0 Å². The van der Waals surface area contributed by atoms with E-state index in [0.717, 1.165) is 65.6 Å². The zero-order valence-electron chi connectivity index (χ0n) is 21.5. The van der Waals surface area contributed by atoms with Gasteiger partial charge in [-0.05, 0) is 68.8 Å². The second kappa shape index (κ2) is 12.2. The molecule has 1 fully saturated rings. The van der Waals surface area contributed by atoms with Gasteiger partial charge < -0.3 is 19.9 Å². The number of rotatable bonds is 8. The molecule has 35 heavy (non-hydrogen) atoms. The predicted molar refractivity (Wildman–Crippen MR) is 144 cm³/mol. The number of piperazine rings is 1. The van der Waals surface area contributed by atoms with Crippen LogP contribution in [0.5, 0.6) is 0 Å². The molecule has 184 valence electrons. The highest BCUT2D eigenvalue weighted by Crippen LogP contribution is 2.25. The van der Waals surface area contributed by atoms with Crippen LogP contribution in [0.15, 0.2) is 84.4 Å². The Kier molecular flexibility index (Phi) is 9.04. The van der Waals surface area contributed by atoms with E-state index < -0.39 is 0 Å². The molecule has 3 rings (SSSR count). The summed E-state index contributed by atoms with van der Waals surface area (Å²) in [5.74, 6) is 1.64. The van der Waals surface area contributed by atoms with Crippen LogP contribution in [0.25, 0.3) is 11.1 Å². The molecule has 1 aromatic heterocycles. The molecule has 0 spiro atoms. The number of pyridine rings is 1. The number of aryl methyl sites for hydroxylation is 1. The second-order valence-electron chi connectivity index (χ2n) is 8.71. The summed E-state index contributed by atoms with van der Waals surface area (Å²) in [5.41, 5.74) is 5.63. The number of hydrogen-bond acceptors (Lipinski definition) is 5. The summed E-state index contributed by atoms with van der Waals surface area (Å²) >= 11 is 0. The highest BCUT2D eigenvalue weighted by atomic mass is 16.5. The summed E-state index contributed by atoms with van der Waals surface area (Å²) in [7, 11) is 3.74. The van der Waals surface area contributed by atoms with Crippen molar-refractivity contribution in [2.45, 2.75) is 20.8 Å². The van der Waals surface area contributed by atoms with Crippen LogP contribution in [-0.2, 0) is 4.74 Å². The molecular weight excluding hydrogens is 436 g/mol. The van der Waals surface area contributed by atoms with Crippen LogP contribution in [0.4, 0.5) is 5.82 Å². The Balaban J connectivity index is 1.78. The van der Waals surface area contributed by atoms with Crippen molar-refractivity contribution in [2.75, 3.05) is 45.7 Å². The summed E-state index contributed by atoms with van der Waals surface area (Å²) in [6, 6.07) is 9.90. The highest BCUT2D eigenvalue weighted by Gasteiger charge is 2.20. The molecule has 0 bridgehead atoms. The number of carbonyl (C=O) groups excluding carboxylic acids is 1. The Labute approximate surface area is 209 Å². The Morgan fingerprint density at radius 1 is 1.17 bits per heavy atom. The van der Waals surface area contributed by atoms with Gasteiger partial charge in [-0.15, -0.1) is 0 Å². The molecule has 0 saturated carbocycles. The molecule has 2 heterocycles. The van der Waals surface area contributed by atoms with E-state index in [1.165, 1.54) is 0 Å². The molecule has 0 unspecified atom stereocenters. The molecule has 1 aliphatic heterocycles. The maximum atomic E-state index is 13.0. The molecule has 0 radical (unpaired) electrons. The predicted octanol–water partition coefficient (Wildman–Crippen LogP) is 5.42. The Morgan fingerprint density at radius 3 is 2.54 bits per heavy atom.